The van der Waals surface area contributed by atoms with E-state index in [0.717, 1.165) is 6.07 Å². The van der Waals surface area contributed by atoms with E-state index in [2.05, 4.69) is 10.3 Å². The minimum absolute atomic E-state index is 0.0529. The molecule has 2 heterocycles. The van der Waals surface area contributed by atoms with E-state index >= 15 is 0 Å². The number of nitrogens with zero attached hydrogens (tertiary/aromatic N) is 1. The molecule has 0 aliphatic carbocycles. The molecule has 0 fully saturated rings. The van der Waals surface area contributed by atoms with Gasteiger partial charge in [-0.05, 0) is 29.8 Å². The number of hydrogen-bond donors (Lipinski definition) is 2. The molecule has 28 heavy (non-hydrogen) atoms. The number of hydrogen-bond acceptors (Lipinski definition) is 5. The predicted molar refractivity (Wildman–Crippen MR) is 104 cm³/mol. The zero-order chi connectivity index (χ0) is 19.8. The summed E-state index contributed by atoms with van der Waals surface area (Å²) in [6.45, 7) is 0. The van der Waals surface area contributed by atoms with Crippen LogP contribution in [0.25, 0.3) is 21.5 Å². The van der Waals surface area contributed by atoms with Crippen LogP contribution in [-0.4, -0.2) is 22.0 Å². The van der Waals surface area contributed by atoms with Gasteiger partial charge < -0.3 is 14.8 Å². The molecular formula is C19H10ClFN2O4S. The summed E-state index contributed by atoms with van der Waals surface area (Å²) in [6.07, 6.45) is 0. The maximum absolute atomic E-state index is 13.3. The second-order valence-electron chi connectivity index (χ2n) is 5.75. The van der Waals surface area contributed by atoms with Crippen molar-refractivity contribution in [3.05, 3.63) is 70.1 Å². The Balaban J connectivity index is 1.67. The van der Waals surface area contributed by atoms with Crippen LogP contribution in [0, 0.1) is 5.82 Å². The number of carboxylic acid groups (broad SMARTS) is 1. The van der Waals surface area contributed by atoms with Crippen LogP contribution >= 0.6 is 22.9 Å². The number of nitrogens with one attached hydrogen (secondary N) is 1. The lowest BCUT2D eigenvalue weighted by Gasteiger charge is -2.04. The molecule has 4 rings (SSSR count). The SMILES string of the molecule is O=C(Nc1csc(-c2ccc(Cl)cc2)c1C(=O)O)c1nc2cc(F)ccc2o1. The first kappa shape index (κ1) is 18.1. The van der Waals surface area contributed by atoms with E-state index in [1.54, 1.807) is 24.3 Å². The minimum Gasteiger partial charge on any atom is -0.478 e. The van der Waals surface area contributed by atoms with E-state index in [0.29, 0.717) is 15.5 Å². The highest BCUT2D eigenvalue weighted by Gasteiger charge is 2.23. The van der Waals surface area contributed by atoms with Crippen LogP contribution in [0.4, 0.5) is 10.1 Å². The van der Waals surface area contributed by atoms with Gasteiger partial charge in [-0.15, -0.1) is 11.3 Å². The molecule has 0 unspecified atom stereocenters. The summed E-state index contributed by atoms with van der Waals surface area (Å²) < 4.78 is 18.6. The number of carboxylic acids is 1. The molecule has 140 valence electrons. The summed E-state index contributed by atoms with van der Waals surface area (Å²) in [4.78, 5) is 28.7. The molecule has 0 spiro atoms. The molecular weight excluding hydrogens is 407 g/mol. The molecule has 4 aromatic rings. The number of anilines is 1. The number of oxazole rings is 1. The van der Waals surface area contributed by atoms with Crippen molar-refractivity contribution in [2.24, 2.45) is 0 Å². The Morgan fingerprint density at radius 2 is 1.93 bits per heavy atom. The highest BCUT2D eigenvalue weighted by Crippen LogP contribution is 2.36. The fourth-order valence-electron chi connectivity index (χ4n) is 2.65. The summed E-state index contributed by atoms with van der Waals surface area (Å²) in [5.41, 5.74) is 1.15. The summed E-state index contributed by atoms with van der Waals surface area (Å²) in [7, 11) is 0. The Morgan fingerprint density at radius 3 is 2.64 bits per heavy atom. The topological polar surface area (TPSA) is 92.4 Å². The molecule has 1 amide bonds. The van der Waals surface area contributed by atoms with Gasteiger partial charge in [-0.3, -0.25) is 4.79 Å². The smallest absolute Gasteiger partial charge is 0.339 e. The third-order valence-corrected chi connectivity index (χ3v) is 5.18. The highest BCUT2D eigenvalue weighted by atomic mass is 35.5. The van der Waals surface area contributed by atoms with Crippen LogP contribution in [0.5, 0.6) is 0 Å². The second-order valence-corrected chi connectivity index (χ2v) is 7.07. The summed E-state index contributed by atoms with van der Waals surface area (Å²) in [5.74, 6) is -2.73. The summed E-state index contributed by atoms with van der Waals surface area (Å²) in [5, 5.41) is 14.2. The third-order valence-electron chi connectivity index (χ3n) is 3.90. The van der Waals surface area contributed by atoms with Gasteiger partial charge in [-0.1, -0.05) is 23.7 Å². The molecule has 0 aliphatic rings. The Bertz CT molecular complexity index is 1220. The molecule has 2 aromatic heterocycles. The zero-order valence-corrected chi connectivity index (χ0v) is 15.5. The van der Waals surface area contributed by atoms with Gasteiger partial charge in [0.15, 0.2) is 5.58 Å². The van der Waals surface area contributed by atoms with Crippen molar-refractivity contribution < 1.29 is 23.5 Å². The molecule has 9 heteroatoms. The average Bonchev–Trinajstić information content (AvgIpc) is 3.26. The first-order valence-corrected chi connectivity index (χ1v) is 9.16. The van der Waals surface area contributed by atoms with Gasteiger partial charge in [0.05, 0.1) is 10.6 Å². The normalized spacial score (nSPS) is 10.9. The maximum Gasteiger partial charge on any atom is 0.339 e. The third kappa shape index (κ3) is 3.35. The van der Waals surface area contributed by atoms with Crippen LogP contribution < -0.4 is 5.32 Å². The quantitative estimate of drug-likeness (QED) is 0.471. The largest absolute Gasteiger partial charge is 0.478 e. The molecule has 2 N–H and O–H groups in total. The second kappa shape index (κ2) is 7.06. The Kier molecular flexibility index (Phi) is 4.58. The number of halogens is 2. The van der Waals surface area contributed by atoms with Gasteiger partial charge in [0, 0.05) is 16.5 Å². The van der Waals surface area contributed by atoms with Crippen LogP contribution in [0.3, 0.4) is 0 Å². The molecule has 0 atom stereocenters. The van der Waals surface area contributed by atoms with Gasteiger partial charge >= 0.3 is 11.9 Å². The lowest BCUT2D eigenvalue weighted by Crippen LogP contribution is -2.14. The van der Waals surface area contributed by atoms with Crippen molar-refractivity contribution in [2.45, 2.75) is 0 Å². The lowest BCUT2D eigenvalue weighted by atomic mass is 10.1. The predicted octanol–water partition coefficient (Wildman–Crippen LogP) is 5.30. The van der Waals surface area contributed by atoms with Gasteiger partial charge in [-0.25, -0.2) is 14.2 Å². The van der Waals surface area contributed by atoms with E-state index in [1.165, 1.54) is 28.8 Å². The van der Waals surface area contributed by atoms with Crippen molar-refractivity contribution >= 4 is 51.6 Å². The van der Waals surface area contributed by atoms with Crippen molar-refractivity contribution in [1.82, 2.24) is 4.98 Å². The zero-order valence-electron chi connectivity index (χ0n) is 13.9. The standard InChI is InChI=1S/C19H10ClFN2O4S/c20-10-3-1-9(2-4-10)16-15(19(25)26)13(8-28-16)22-17(24)18-23-12-7-11(21)5-6-14(12)27-18/h1-8H,(H,22,24)(H,25,26). The van der Waals surface area contributed by atoms with E-state index in [-0.39, 0.29) is 28.2 Å². The van der Waals surface area contributed by atoms with Gasteiger partial charge in [0.25, 0.3) is 5.89 Å². The number of aromatic carboxylic acids is 1. The van der Waals surface area contributed by atoms with Crippen molar-refractivity contribution in [3.63, 3.8) is 0 Å². The molecule has 6 nitrogen and oxygen atoms in total. The van der Waals surface area contributed by atoms with Crippen LogP contribution in [0.2, 0.25) is 5.02 Å². The number of thiophene rings is 1. The highest BCUT2D eigenvalue weighted by molar-refractivity contribution is 7.14. The van der Waals surface area contributed by atoms with Gasteiger partial charge in [0.1, 0.15) is 16.9 Å². The number of carbonyl (C=O) groups is 2. The molecule has 0 aliphatic heterocycles. The van der Waals surface area contributed by atoms with Crippen LogP contribution in [0.1, 0.15) is 21.0 Å². The van der Waals surface area contributed by atoms with Crippen molar-refractivity contribution in [3.8, 4) is 10.4 Å². The molecule has 0 saturated carbocycles. The lowest BCUT2D eigenvalue weighted by molar-refractivity contribution is 0.0699. The summed E-state index contributed by atoms with van der Waals surface area (Å²) in [6, 6.07) is 10.4. The van der Waals surface area contributed by atoms with Crippen LogP contribution in [-0.2, 0) is 0 Å². The number of amides is 1. The van der Waals surface area contributed by atoms with Crippen molar-refractivity contribution in [1.29, 1.82) is 0 Å². The molecule has 0 radical (unpaired) electrons. The summed E-state index contributed by atoms with van der Waals surface area (Å²) >= 11 is 7.04. The number of rotatable bonds is 4. The van der Waals surface area contributed by atoms with Crippen molar-refractivity contribution in [2.75, 3.05) is 5.32 Å². The first-order valence-electron chi connectivity index (χ1n) is 7.90. The van der Waals surface area contributed by atoms with E-state index in [4.69, 9.17) is 16.0 Å². The van der Waals surface area contributed by atoms with E-state index in [9.17, 15) is 19.1 Å². The average molecular weight is 417 g/mol. The monoisotopic (exact) mass is 416 g/mol. The number of carbonyl (C=O) groups excluding carboxylic acids is 1. The fourth-order valence-corrected chi connectivity index (χ4v) is 3.78. The van der Waals surface area contributed by atoms with Gasteiger partial charge in [-0.2, -0.15) is 0 Å². The number of fused-ring (bicyclic) bond motifs is 1. The Hall–Kier alpha value is -3.23. The molecule has 0 bridgehead atoms. The maximum atomic E-state index is 13.3. The molecule has 2 aromatic carbocycles. The molecule has 0 saturated heterocycles. The van der Waals surface area contributed by atoms with Crippen LogP contribution in [0.15, 0.2) is 52.3 Å². The Morgan fingerprint density at radius 1 is 1.18 bits per heavy atom. The van der Waals surface area contributed by atoms with E-state index < -0.39 is 17.7 Å². The first-order chi connectivity index (χ1) is 13.4. The Labute approximate surface area is 166 Å². The number of benzene rings is 2. The minimum atomic E-state index is -1.19. The fraction of sp³-hybridized carbons (Fsp3) is 0. The van der Waals surface area contributed by atoms with Gasteiger partial charge in [0.2, 0.25) is 0 Å². The van der Waals surface area contributed by atoms with E-state index in [1.807, 2.05) is 0 Å². The number of aromatic nitrogens is 1.